The molecule has 0 saturated carbocycles. The van der Waals surface area contributed by atoms with Crippen LogP contribution in [0.3, 0.4) is 0 Å². The molecule has 3 N–H and O–H groups in total. The quantitative estimate of drug-likeness (QED) is 0.358. The molecule has 2 aliphatic rings. The number of imide groups is 2. The number of amides is 4. The zero-order valence-electron chi connectivity index (χ0n) is 18.7. The molecular formula is C24H28N4O5S. The van der Waals surface area contributed by atoms with Gasteiger partial charge in [0, 0.05) is 42.5 Å². The number of nitrogens with zero attached hydrogens (tertiary/aromatic N) is 2. The molecule has 2 fully saturated rings. The van der Waals surface area contributed by atoms with E-state index in [2.05, 4.69) is 15.5 Å². The first-order valence-electron chi connectivity index (χ1n) is 11.2. The van der Waals surface area contributed by atoms with Gasteiger partial charge in [0.1, 0.15) is 0 Å². The van der Waals surface area contributed by atoms with Gasteiger partial charge in [0.25, 0.3) is 11.8 Å². The van der Waals surface area contributed by atoms with Crippen LogP contribution < -0.4 is 10.6 Å². The first-order valence-corrected chi connectivity index (χ1v) is 12.0. The maximum absolute atomic E-state index is 13.2. The third-order valence-electron chi connectivity index (χ3n) is 6.00. The number of ether oxygens (including phenoxy) is 1. The summed E-state index contributed by atoms with van der Waals surface area (Å²) < 4.78 is 5.34. The number of aliphatic hydroxyl groups excluding tert-OH is 1. The van der Waals surface area contributed by atoms with Crippen molar-refractivity contribution >= 4 is 29.6 Å². The van der Waals surface area contributed by atoms with E-state index in [1.165, 1.54) is 0 Å². The molecule has 2 aliphatic heterocycles. The fourth-order valence-electron chi connectivity index (χ4n) is 4.31. The van der Waals surface area contributed by atoms with E-state index in [0.717, 1.165) is 9.79 Å². The van der Waals surface area contributed by atoms with E-state index in [1.807, 2.05) is 47.4 Å². The van der Waals surface area contributed by atoms with Gasteiger partial charge in [-0.05, 0) is 29.8 Å². The monoisotopic (exact) mass is 484 g/mol. The molecule has 0 spiro atoms. The average molecular weight is 485 g/mol. The van der Waals surface area contributed by atoms with Gasteiger partial charge in [0.05, 0.1) is 19.8 Å². The molecule has 10 heteroatoms. The van der Waals surface area contributed by atoms with Gasteiger partial charge in [0.2, 0.25) is 5.54 Å². The number of hydrogen-bond acceptors (Lipinski definition) is 8. The van der Waals surface area contributed by atoms with E-state index in [1.54, 1.807) is 23.9 Å². The highest BCUT2D eigenvalue weighted by Crippen LogP contribution is 2.35. The van der Waals surface area contributed by atoms with Crippen LogP contribution >= 0.6 is 11.8 Å². The predicted molar refractivity (Wildman–Crippen MR) is 126 cm³/mol. The van der Waals surface area contributed by atoms with Gasteiger partial charge in [-0.2, -0.15) is 0 Å². The molecule has 0 atom stereocenters. The number of nitrogens with one attached hydrogen (secondary N) is 2. The Balaban J connectivity index is 1.54. The molecule has 4 rings (SSSR count). The summed E-state index contributed by atoms with van der Waals surface area (Å²) in [6, 6.07) is 16.5. The minimum Gasteiger partial charge on any atom is -0.394 e. The Bertz CT molecular complexity index is 990. The Morgan fingerprint density at radius 1 is 0.853 bits per heavy atom. The average Bonchev–Trinajstić information content (AvgIpc) is 2.84. The van der Waals surface area contributed by atoms with E-state index in [0.29, 0.717) is 51.5 Å². The molecule has 0 aromatic heterocycles. The van der Waals surface area contributed by atoms with Crippen LogP contribution in [0.5, 0.6) is 0 Å². The molecule has 2 aromatic rings. The van der Waals surface area contributed by atoms with E-state index < -0.39 is 23.4 Å². The van der Waals surface area contributed by atoms with E-state index in [4.69, 9.17) is 9.84 Å². The molecule has 180 valence electrons. The molecule has 9 nitrogen and oxygen atoms in total. The Hall–Kier alpha value is -2.76. The summed E-state index contributed by atoms with van der Waals surface area (Å²) in [6.45, 7) is 3.70. The number of rotatable bonds is 9. The Morgan fingerprint density at radius 3 is 2.09 bits per heavy atom. The van der Waals surface area contributed by atoms with Crippen molar-refractivity contribution in [2.24, 2.45) is 0 Å². The second kappa shape index (κ2) is 11.1. The van der Waals surface area contributed by atoms with Gasteiger partial charge in [-0.15, -0.1) is 0 Å². The number of aliphatic hydroxyl groups is 1. The third kappa shape index (κ3) is 5.16. The van der Waals surface area contributed by atoms with Crippen LogP contribution in [0.1, 0.15) is 5.56 Å². The second-order valence-corrected chi connectivity index (χ2v) is 9.20. The Kier molecular flexibility index (Phi) is 7.96. The van der Waals surface area contributed by atoms with Crippen molar-refractivity contribution in [3.63, 3.8) is 0 Å². The van der Waals surface area contributed by atoms with Crippen LogP contribution in [0.4, 0.5) is 4.79 Å². The van der Waals surface area contributed by atoms with Crippen molar-refractivity contribution in [2.75, 3.05) is 52.5 Å². The number of barbiturate groups is 1. The number of carbonyl (C=O) groups is 3. The summed E-state index contributed by atoms with van der Waals surface area (Å²) >= 11 is 1.59. The molecule has 0 bridgehead atoms. The molecular weight excluding hydrogens is 456 g/mol. The SMILES string of the molecule is O=C1NC(=O)C(c2ccc(Sc3ccccc3)cc2)(N2CCN(CCOCCO)CC2)C(=O)N1. The van der Waals surface area contributed by atoms with Gasteiger partial charge >= 0.3 is 6.03 Å². The highest BCUT2D eigenvalue weighted by atomic mass is 32.2. The summed E-state index contributed by atoms with van der Waals surface area (Å²) in [4.78, 5) is 44.4. The Morgan fingerprint density at radius 2 is 1.47 bits per heavy atom. The molecule has 0 radical (unpaired) electrons. The third-order valence-corrected chi connectivity index (χ3v) is 7.01. The van der Waals surface area contributed by atoms with Gasteiger partial charge in [-0.25, -0.2) is 4.79 Å². The number of urea groups is 1. The molecule has 34 heavy (non-hydrogen) atoms. The zero-order chi connectivity index (χ0) is 24.0. The van der Waals surface area contributed by atoms with Crippen LogP contribution in [-0.4, -0.2) is 85.3 Å². The van der Waals surface area contributed by atoms with Crippen molar-refractivity contribution in [3.8, 4) is 0 Å². The molecule has 2 heterocycles. The van der Waals surface area contributed by atoms with Crippen molar-refractivity contribution in [3.05, 3.63) is 60.2 Å². The Labute approximate surface area is 202 Å². The highest BCUT2D eigenvalue weighted by Gasteiger charge is 2.56. The van der Waals surface area contributed by atoms with Crippen LogP contribution in [-0.2, 0) is 19.9 Å². The number of benzene rings is 2. The normalized spacial score (nSPS) is 19.0. The van der Waals surface area contributed by atoms with Crippen molar-refractivity contribution in [1.82, 2.24) is 20.4 Å². The minimum atomic E-state index is -1.62. The van der Waals surface area contributed by atoms with Crippen LogP contribution in [0.15, 0.2) is 64.4 Å². The van der Waals surface area contributed by atoms with Crippen molar-refractivity contribution < 1.29 is 24.2 Å². The fraction of sp³-hybridized carbons (Fsp3) is 0.375. The first kappa shape index (κ1) is 24.4. The summed E-state index contributed by atoms with van der Waals surface area (Å²) in [5, 5.41) is 13.4. The van der Waals surface area contributed by atoms with Crippen molar-refractivity contribution in [1.29, 1.82) is 0 Å². The van der Waals surface area contributed by atoms with Crippen LogP contribution in [0.2, 0.25) is 0 Å². The van der Waals surface area contributed by atoms with Crippen LogP contribution in [0, 0.1) is 0 Å². The minimum absolute atomic E-state index is 0.0120. The van der Waals surface area contributed by atoms with Gasteiger partial charge < -0.3 is 9.84 Å². The summed E-state index contributed by atoms with van der Waals surface area (Å²) in [7, 11) is 0. The predicted octanol–water partition coefficient (Wildman–Crippen LogP) is 1.03. The topological polar surface area (TPSA) is 111 Å². The molecule has 0 unspecified atom stereocenters. The molecule has 0 aliphatic carbocycles. The second-order valence-electron chi connectivity index (χ2n) is 8.05. The standard InChI is InChI=1S/C24H28N4O5S/c29-15-17-33-16-14-27-10-12-28(13-11-27)24(21(30)25-23(32)26-22(24)31)18-6-8-20(9-7-18)34-19-4-2-1-3-5-19/h1-9,29H,10-17H2,(H2,25,26,30,31,32). The summed E-state index contributed by atoms with van der Waals surface area (Å²) in [5.41, 5.74) is -1.10. The molecule has 4 amide bonds. The van der Waals surface area contributed by atoms with E-state index >= 15 is 0 Å². The van der Waals surface area contributed by atoms with Gasteiger partial charge in [0.15, 0.2) is 0 Å². The molecule has 2 saturated heterocycles. The smallest absolute Gasteiger partial charge is 0.328 e. The zero-order valence-corrected chi connectivity index (χ0v) is 19.6. The number of piperazine rings is 1. The lowest BCUT2D eigenvalue weighted by atomic mass is 9.84. The maximum atomic E-state index is 13.2. The van der Waals surface area contributed by atoms with Crippen LogP contribution in [0.25, 0.3) is 0 Å². The summed E-state index contributed by atoms with van der Waals surface area (Å²) in [5.74, 6) is -1.27. The maximum Gasteiger partial charge on any atom is 0.328 e. The van der Waals surface area contributed by atoms with Gasteiger partial charge in [-0.3, -0.25) is 30.0 Å². The van der Waals surface area contributed by atoms with E-state index in [-0.39, 0.29) is 6.61 Å². The van der Waals surface area contributed by atoms with Crippen molar-refractivity contribution in [2.45, 2.75) is 15.3 Å². The number of hydrogen-bond donors (Lipinski definition) is 3. The lowest BCUT2D eigenvalue weighted by Crippen LogP contribution is -2.72. The summed E-state index contributed by atoms with van der Waals surface area (Å²) in [6.07, 6.45) is 0. The lowest BCUT2D eigenvalue weighted by molar-refractivity contribution is -0.150. The largest absolute Gasteiger partial charge is 0.394 e. The van der Waals surface area contributed by atoms with E-state index in [9.17, 15) is 14.4 Å². The van der Waals surface area contributed by atoms with Gasteiger partial charge in [-0.1, -0.05) is 42.1 Å². The fourth-order valence-corrected chi connectivity index (χ4v) is 5.15. The molecule has 2 aromatic carbocycles. The highest BCUT2D eigenvalue weighted by molar-refractivity contribution is 7.99. The number of carbonyl (C=O) groups excluding carboxylic acids is 3. The first-order chi connectivity index (χ1) is 16.5. The lowest BCUT2D eigenvalue weighted by Gasteiger charge is -2.46.